The van der Waals surface area contributed by atoms with Crippen molar-refractivity contribution < 1.29 is 18.0 Å². The molecule has 9 nitrogen and oxygen atoms in total. The Labute approximate surface area is 156 Å². The van der Waals surface area contributed by atoms with Crippen LogP contribution in [0.3, 0.4) is 0 Å². The Morgan fingerprint density at radius 1 is 1.19 bits per heavy atom. The van der Waals surface area contributed by atoms with Gasteiger partial charge >= 0.3 is 0 Å². The zero-order valence-electron chi connectivity index (χ0n) is 14.9. The first kappa shape index (κ1) is 19.0. The lowest BCUT2D eigenvalue weighted by Crippen LogP contribution is -2.27. The third-order valence-electron chi connectivity index (χ3n) is 4.03. The van der Waals surface area contributed by atoms with Gasteiger partial charge in [-0.1, -0.05) is 10.5 Å². The standard InChI is InChI=1S/C17H19N5O4S/c1-21(26-2)27(24,25)14-8-6-13(7-9-14)17(23)18-11-10-16-20-19-15-5-3-4-12-22(15)16/h3-9,12H,10-11H2,1-2H3,(H,18,23). The van der Waals surface area contributed by atoms with Crippen molar-refractivity contribution in [1.29, 1.82) is 0 Å². The molecule has 142 valence electrons. The van der Waals surface area contributed by atoms with Gasteiger partial charge in [-0.25, -0.2) is 8.42 Å². The second kappa shape index (κ2) is 7.82. The number of carbonyl (C=O) groups excluding carboxylic acids is 1. The fourth-order valence-electron chi connectivity index (χ4n) is 2.48. The first-order valence-corrected chi connectivity index (χ1v) is 9.57. The van der Waals surface area contributed by atoms with Crippen LogP contribution >= 0.6 is 0 Å². The molecule has 1 amide bonds. The average molecular weight is 389 g/mol. The van der Waals surface area contributed by atoms with Crippen molar-refractivity contribution in [3.8, 4) is 0 Å². The molecule has 1 aromatic carbocycles. The Hall–Kier alpha value is -2.82. The van der Waals surface area contributed by atoms with Gasteiger partial charge in [0, 0.05) is 31.8 Å². The first-order valence-electron chi connectivity index (χ1n) is 8.13. The Kier molecular flexibility index (Phi) is 5.49. The van der Waals surface area contributed by atoms with Crippen molar-refractivity contribution in [3.05, 3.63) is 60.0 Å². The molecule has 0 unspecified atom stereocenters. The number of amides is 1. The number of benzene rings is 1. The van der Waals surface area contributed by atoms with E-state index in [4.69, 9.17) is 4.84 Å². The molecule has 0 bridgehead atoms. The number of hydrogen-bond donors (Lipinski definition) is 1. The van der Waals surface area contributed by atoms with Gasteiger partial charge in [0.25, 0.3) is 15.9 Å². The average Bonchev–Trinajstić information content (AvgIpc) is 3.10. The van der Waals surface area contributed by atoms with E-state index in [1.807, 2.05) is 28.8 Å². The molecule has 3 rings (SSSR count). The first-order chi connectivity index (χ1) is 12.9. The second-order valence-electron chi connectivity index (χ2n) is 5.67. The zero-order valence-corrected chi connectivity index (χ0v) is 15.7. The summed E-state index contributed by atoms with van der Waals surface area (Å²) >= 11 is 0. The van der Waals surface area contributed by atoms with Crippen LogP contribution in [-0.4, -0.2) is 54.1 Å². The predicted molar refractivity (Wildman–Crippen MR) is 97.4 cm³/mol. The molecule has 0 saturated heterocycles. The summed E-state index contributed by atoms with van der Waals surface area (Å²) < 4.78 is 26.9. The number of rotatable bonds is 7. The lowest BCUT2D eigenvalue weighted by molar-refractivity contribution is -0.0258. The van der Waals surface area contributed by atoms with Gasteiger partial charge in [0.1, 0.15) is 5.82 Å². The summed E-state index contributed by atoms with van der Waals surface area (Å²) in [6.45, 7) is 0.376. The monoisotopic (exact) mass is 389 g/mol. The van der Waals surface area contributed by atoms with Crippen molar-refractivity contribution >= 4 is 21.6 Å². The maximum Gasteiger partial charge on any atom is 0.264 e. The van der Waals surface area contributed by atoms with E-state index in [2.05, 4.69) is 15.5 Å². The van der Waals surface area contributed by atoms with Gasteiger partial charge < -0.3 is 5.32 Å². The smallest absolute Gasteiger partial charge is 0.264 e. The highest BCUT2D eigenvalue weighted by Gasteiger charge is 2.20. The minimum absolute atomic E-state index is 0.0401. The summed E-state index contributed by atoms with van der Waals surface area (Å²) in [5.41, 5.74) is 1.11. The quantitative estimate of drug-likeness (QED) is 0.602. The topological polar surface area (TPSA) is 106 Å². The van der Waals surface area contributed by atoms with E-state index in [0.29, 0.717) is 18.5 Å². The number of aromatic nitrogens is 3. The van der Waals surface area contributed by atoms with E-state index in [0.717, 1.165) is 15.9 Å². The molecular weight excluding hydrogens is 370 g/mol. The Balaban J connectivity index is 1.61. The van der Waals surface area contributed by atoms with Crippen molar-refractivity contribution in [3.63, 3.8) is 0 Å². The van der Waals surface area contributed by atoms with Crippen LogP contribution in [0.1, 0.15) is 16.2 Å². The van der Waals surface area contributed by atoms with Crippen molar-refractivity contribution in [2.24, 2.45) is 0 Å². The van der Waals surface area contributed by atoms with Crippen LogP contribution in [0.5, 0.6) is 0 Å². The Bertz CT molecular complexity index is 1050. The number of fused-ring (bicyclic) bond motifs is 1. The molecule has 0 aliphatic rings. The number of carbonyl (C=O) groups is 1. The van der Waals surface area contributed by atoms with Gasteiger partial charge in [-0.2, -0.15) is 0 Å². The molecule has 27 heavy (non-hydrogen) atoms. The van der Waals surface area contributed by atoms with Gasteiger partial charge in [0.05, 0.1) is 12.0 Å². The van der Waals surface area contributed by atoms with Crippen LogP contribution in [0.15, 0.2) is 53.6 Å². The number of sulfonamides is 1. The van der Waals surface area contributed by atoms with Gasteiger partial charge in [-0.3, -0.25) is 14.0 Å². The number of hydrogen-bond acceptors (Lipinski definition) is 6. The van der Waals surface area contributed by atoms with Crippen molar-refractivity contribution in [2.45, 2.75) is 11.3 Å². The van der Waals surface area contributed by atoms with Crippen molar-refractivity contribution in [2.75, 3.05) is 20.7 Å². The van der Waals surface area contributed by atoms with Crippen LogP contribution in [0, 0.1) is 0 Å². The van der Waals surface area contributed by atoms with Gasteiger partial charge in [0.2, 0.25) is 0 Å². The molecule has 3 aromatic rings. The maximum absolute atomic E-state index is 12.2. The molecular formula is C17H19N5O4S. The fraction of sp³-hybridized carbons (Fsp3) is 0.235. The van der Waals surface area contributed by atoms with E-state index in [1.54, 1.807) is 0 Å². The van der Waals surface area contributed by atoms with Gasteiger partial charge in [-0.05, 0) is 36.4 Å². The van der Waals surface area contributed by atoms with E-state index in [-0.39, 0.29) is 10.8 Å². The molecule has 0 aliphatic heterocycles. The predicted octanol–water partition coefficient (Wildman–Crippen LogP) is 0.884. The minimum Gasteiger partial charge on any atom is -0.352 e. The number of nitrogens with zero attached hydrogens (tertiary/aromatic N) is 4. The largest absolute Gasteiger partial charge is 0.352 e. The summed E-state index contributed by atoms with van der Waals surface area (Å²) in [6.07, 6.45) is 2.38. The molecule has 0 fully saturated rings. The molecule has 0 spiro atoms. The Morgan fingerprint density at radius 2 is 1.93 bits per heavy atom. The molecule has 2 heterocycles. The van der Waals surface area contributed by atoms with E-state index in [1.165, 1.54) is 38.4 Å². The van der Waals surface area contributed by atoms with E-state index in [9.17, 15) is 13.2 Å². The minimum atomic E-state index is -3.74. The normalized spacial score (nSPS) is 11.8. The third-order valence-corrected chi connectivity index (χ3v) is 5.72. The number of pyridine rings is 1. The van der Waals surface area contributed by atoms with E-state index >= 15 is 0 Å². The molecule has 1 N–H and O–H groups in total. The van der Waals surface area contributed by atoms with Crippen LogP contribution in [-0.2, 0) is 21.3 Å². The highest BCUT2D eigenvalue weighted by Crippen LogP contribution is 2.15. The van der Waals surface area contributed by atoms with E-state index < -0.39 is 10.0 Å². The van der Waals surface area contributed by atoms with Crippen LogP contribution in [0.25, 0.3) is 5.65 Å². The summed E-state index contributed by atoms with van der Waals surface area (Å²) in [5, 5.41) is 11.0. The zero-order chi connectivity index (χ0) is 19.4. The summed E-state index contributed by atoms with van der Waals surface area (Å²) in [7, 11) is -1.18. The lowest BCUT2D eigenvalue weighted by Gasteiger charge is -2.14. The maximum atomic E-state index is 12.2. The molecule has 0 radical (unpaired) electrons. The summed E-state index contributed by atoms with van der Waals surface area (Å²) in [5.74, 6) is 0.447. The lowest BCUT2D eigenvalue weighted by atomic mass is 10.2. The van der Waals surface area contributed by atoms with Gasteiger partial charge in [-0.15, -0.1) is 10.2 Å². The SMILES string of the molecule is CON(C)S(=O)(=O)c1ccc(C(=O)NCCc2nnc3ccccn23)cc1. The third kappa shape index (κ3) is 3.97. The second-order valence-corrected chi connectivity index (χ2v) is 7.61. The fourth-order valence-corrected chi connectivity index (χ4v) is 3.45. The molecule has 10 heteroatoms. The highest BCUT2D eigenvalue weighted by atomic mass is 32.2. The molecule has 0 atom stereocenters. The van der Waals surface area contributed by atoms with Crippen LogP contribution in [0.4, 0.5) is 0 Å². The Morgan fingerprint density at radius 3 is 2.63 bits per heavy atom. The van der Waals surface area contributed by atoms with Gasteiger partial charge in [0.15, 0.2) is 5.65 Å². The molecule has 0 saturated carbocycles. The highest BCUT2D eigenvalue weighted by molar-refractivity contribution is 7.89. The molecule has 2 aromatic heterocycles. The summed E-state index contributed by atoms with van der Waals surface area (Å²) in [4.78, 5) is 17.0. The summed E-state index contributed by atoms with van der Waals surface area (Å²) in [6, 6.07) is 11.3. The van der Waals surface area contributed by atoms with Crippen LogP contribution in [0.2, 0.25) is 0 Å². The van der Waals surface area contributed by atoms with Crippen molar-refractivity contribution in [1.82, 2.24) is 24.4 Å². The van der Waals surface area contributed by atoms with Crippen LogP contribution < -0.4 is 5.32 Å². The number of nitrogens with one attached hydrogen (secondary N) is 1. The molecule has 0 aliphatic carbocycles. The number of hydroxylamine groups is 1.